The number of ether oxygens (including phenoxy) is 1. The molecule has 0 aliphatic carbocycles. The largest absolute Gasteiger partial charge is 0.465 e. The molecule has 2 N–H and O–H groups in total. The van der Waals surface area contributed by atoms with Crippen molar-refractivity contribution < 1.29 is 13.9 Å². The first-order chi connectivity index (χ1) is 9.43. The van der Waals surface area contributed by atoms with Crippen LogP contribution < -0.4 is 5.73 Å². The second kappa shape index (κ2) is 5.54. The zero-order chi connectivity index (χ0) is 14.9. The minimum atomic E-state index is -0.593. The van der Waals surface area contributed by atoms with Gasteiger partial charge in [-0.3, -0.25) is 0 Å². The van der Waals surface area contributed by atoms with Gasteiger partial charge in [0.05, 0.1) is 12.8 Å². The van der Waals surface area contributed by atoms with E-state index in [-0.39, 0.29) is 17.2 Å². The molecule has 0 spiro atoms. The standard InChI is InChI=1S/C13H11BrFN3O2/c1-6-10(13(19)20-2)11(16)18-12(17-6)8-4-3-7(15)5-9(8)14/h3-5H,1-2H3,(H2,16,17,18). The maximum Gasteiger partial charge on any atom is 0.343 e. The highest BCUT2D eigenvalue weighted by atomic mass is 79.9. The van der Waals surface area contributed by atoms with Gasteiger partial charge in [0.25, 0.3) is 0 Å². The average Bonchev–Trinajstić information content (AvgIpc) is 2.37. The quantitative estimate of drug-likeness (QED) is 0.851. The van der Waals surface area contributed by atoms with Crippen molar-refractivity contribution in [2.75, 3.05) is 12.8 Å². The Morgan fingerprint density at radius 2 is 2.10 bits per heavy atom. The van der Waals surface area contributed by atoms with Crippen molar-refractivity contribution in [3.05, 3.63) is 39.7 Å². The lowest BCUT2D eigenvalue weighted by Crippen LogP contribution is -2.12. The van der Waals surface area contributed by atoms with E-state index in [1.165, 1.54) is 25.3 Å². The molecule has 0 amide bonds. The molecule has 1 aromatic heterocycles. The smallest absolute Gasteiger partial charge is 0.343 e. The fourth-order valence-electron chi connectivity index (χ4n) is 1.74. The molecule has 0 fully saturated rings. The van der Waals surface area contributed by atoms with E-state index in [9.17, 15) is 9.18 Å². The molecule has 0 radical (unpaired) electrons. The number of benzene rings is 1. The van der Waals surface area contributed by atoms with Crippen LogP contribution in [-0.4, -0.2) is 23.0 Å². The van der Waals surface area contributed by atoms with Crippen molar-refractivity contribution in [3.63, 3.8) is 0 Å². The molecule has 5 nitrogen and oxygen atoms in total. The molecular weight excluding hydrogens is 329 g/mol. The number of hydrogen-bond acceptors (Lipinski definition) is 5. The number of hydrogen-bond donors (Lipinski definition) is 1. The zero-order valence-electron chi connectivity index (χ0n) is 10.8. The predicted molar refractivity (Wildman–Crippen MR) is 75.6 cm³/mol. The number of carbonyl (C=O) groups excluding carboxylic acids is 1. The maximum absolute atomic E-state index is 13.1. The summed E-state index contributed by atoms with van der Waals surface area (Å²) in [7, 11) is 1.26. The molecule has 0 saturated carbocycles. The number of esters is 1. The van der Waals surface area contributed by atoms with Gasteiger partial charge in [0, 0.05) is 10.0 Å². The second-order valence-electron chi connectivity index (χ2n) is 4.01. The van der Waals surface area contributed by atoms with Gasteiger partial charge in [-0.05, 0) is 41.1 Å². The molecule has 0 bridgehead atoms. The summed E-state index contributed by atoms with van der Waals surface area (Å²) in [5.41, 5.74) is 6.89. The number of aromatic nitrogens is 2. The van der Waals surface area contributed by atoms with Crippen LogP contribution in [0.5, 0.6) is 0 Å². The summed E-state index contributed by atoms with van der Waals surface area (Å²) in [5, 5.41) is 0. The topological polar surface area (TPSA) is 78.1 Å². The van der Waals surface area contributed by atoms with E-state index < -0.39 is 5.97 Å². The molecule has 104 valence electrons. The Labute approximate surface area is 123 Å². The molecular formula is C13H11BrFN3O2. The van der Waals surface area contributed by atoms with Gasteiger partial charge in [-0.2, -0.15) is 0 Å². The number of carbonyl (C=O) groups is 1. The number of methoxy groups -OCH3 is 1. The number of nitrogen functional groups attached to an aromatic ring is 1. The minimum absolute atomic E-state index is 0.0237. The molecule has 7 heteroatoms. The zero-order valence-corrected chi connectivity index (χ0v) is 12.4. The molecule has 1 aromatic carbocycles. The van der Waals surface area contributed by atoms with Crippen molar-refractivity contribution in [3.8, 4) is 11.4 Å². The first kappa shape index (κ1) is 14.4. The van der Waals surface area contributed by atoms with Gasteiger partial charge in [0.15, 0.2) is 5.82 Å². The van der Waals surface area contributed by atoms with E-state index in [0.29, 0.717) is 21.6 Å². The third-order valence-corrected chi connectivity index (χ3v) is 3.34. The predicted octanol–water partition coefficient (Wildman–Crippen LogP) is 2.72. The number of anilines is 1. The Hall–Kier alpha value is -2.02. The van der Waals surface area contributed by atoms with E-state index in [0.717, 1.165) is 0 Å². The van der Waals surface area contributed by atoms with Gasteiger partial charge in [-0.1, -0.05) is 0 Å². The van der Waals surface area contributed by atoms with Gasteiger partial charge in [-0.25, -0.2) is 19.2 Å². The Bertz CT molecular complexity index is 668. The van der Waals surface area contributed by atoms with E-state index in [1.54, 1.807) is 6.92 Å². The van der Waals surface area contributed by atoms with Crippen LogP contribution in [0.2, 0.25) is 0 Å². The highest BCUT2D eigenvalue weighted by Crippen LogP contribution is 2.28. The van der Waals surface area contributed by atoms with Crippen LogP contribution in [0.1, 0.15) is 16.1 Å². The summed E-state index contributed by atoms with van der Waals surface area (Å²) in [4.78, 5) is 19.9. The third kappa shape index (κ3) is 2.62. The summed E-state index contributed by atoms with van der Waals surface area (Å²) in [6, 6.07) is 4.13. The van der Waals surface area contributed by atoms with Crippen LogP contribution in [0, 0.1) is 12.7 Å². The maximum atomic E-state index is 13.1. The number of halogens is 2. The van der Waals surface area contributed by atoms with Crippen LogP contribution in [-0.2, 0) is 4.74 Å². The van der Waals surface area contributed by atoms with Crippen LogP contribution in [0.15, 0.2) is 22.7 Å². The van der Waals surface area contributed by atoms with Gasteiger partial charge in [0.1, 0.15) is 17.2 Å². The SMILES string of the molecule is COC(=O)c1c(C)nc(-c2ccc(F)cc2Br)nc1N. The number of nitrogens with two attached hydrogens (primary N) is 1. The van der Waals surface area contributed by atoms with Crippen molar-refractivity contribution in [2.45, 2.75) is 6.92 Å². The molecule has 0 atom stereocenters. The number of rotatable bonds is 2. The Morgan fingerprint density at radius 1 is 1.40 bits per heavy atom. The summed E-state index contributed by atoms with van der Waals surface area (Å²) in [6.45, 7) is 1.63. The van der Waals surface area contributed by atoms with Gasteiger partial charge in [-0.15, -0.1) is 0 Å². The Kier molecular flexibility index (Phi) is 3.99. The van der Waals surface area contributed by atoms with Gasteiger partial charge < -0.3 is 10.5 Å². The molecule has 0 unspecified atom stereocenters. The van der Waals surface area contributed by atoms with Crippen molar-refractivity contribution in [1.29, 1.82) is 0 Å². The van der Waals surface area contributed by atoms with Crippen molar-refractivity contribution in [2.24, 2.45) is 0 Å². The van der Waals surface area contributed by atoms with E-state index in [2.05, 4.69) is 30.6 Å². The lowest BCUT2D eigenvalue weighted by atomic mass is 10.1. The number of aryl methyl sites for hydroxylation is 1. The lowest BCUT2D eigenvalue weighted by molar-refractivity contribution is 0.0600. The fraction of sp³-hybridized carbons (Fsp3) is 0.154. The number of nitrogens with zero attached hydrogens (tertiary/aromatic N) is 2. The van der Waals surface area contributed by atoms with Crippen LogP contribution >= 0.6 is 15.9 Å². The summed E-state index contributed by atoms with van der Waals surface area (Å²) in [5.74, 6) is -0.642. The highest BCUT2D eigenvalue weighted by Gasteiger charge is 2.18. The molecule has 20 heavy (non-hydrogen) atoms. The van der Waals surface area contributed by atoms with Crippen LogP contribution in [0.4, 0.5) is 10.2 Å². The fourth-order valence-corrected chi connectivity index (χ4v) is 2.27. The molecule has 0 aliphatic rings. The van der Waals surface area contributed by atoms with Crippen molar-refractivity contribution >= 4 is 27.7 Å². The second-order valence-corrected chi connectivity index (χ2v) is 4.86. The molecule has 0 saturated heterocycles. The third-order valence-electron chi connectivity index (χ3n) is 2.68. The van der Waals surface area contributed by atoms with Gasteiger partial charge in [0.2, 0.25) is 0 Å². The molecule has 2 rings (SSSR count). The van der Waals surface area contributed by atoms with Gasteiger partial charge >= 0.3 is 5.97 Å². The summed E-state index contributed by atoms with van der Waals surface area (Å²) < 4.78 is 18.2. The van der Waals surface area contributed by atoms with Crippen molar-refractivity contribution in [1.82, 2.24) is 9.97 Å². The monoisotopic (exact) mass is 339 g/mol. The summed E-state index contributed by atoms with van der Waals surface area (Å²) in [6.07, 6.45) is 0. The van der Waals surface area contributed by atoms with E-state index >= 15 is 0 Å². The Morgan fingerprint density at radius 3 is 2.65 bits per heavy atom. The summed E-state index contributed by atoms with van der Waals surface area (Å²) >= 11 is 3.24. The van der Waals surface area contributed by atoms with E-state index in [4.69, 9.17) is 5.73 Å². The first-order valence-corrected chi connectivity index (χ1v) is 6.41. The molecule has 1 heterocycles. The van der Waals surface area contributed by atoms with Crippen LogP contribution in [0.3, 0.4) is 0 Å². The Balaban J connectivity index is 2.58. The highest BCUT2D eigenvalue weighted by molar-refractivity contribution is 9.10. The normalized spacial score (nSPS) is 10.4. The van der Waals surface area contributed by atoms with E-state index in [1.807, 2.05) is 0 Å². The molecule has 0 aliphatic heterocycles. The average molecular weight is 340 g/mol. The first-order valence-electron chi connectivity index (χ1n) is 5.62. The lowest BCUT2D eigenvalue weighted by Gasteiger charge is -2.09. The molecule has 2 aromatic rings. The van der Waals surface area contributed by atoms with Crippen LogP contribution in [0.25, 0.3) is 11.4 Å². The minimum Gasteiger partial charge on any atom is -0.465 e.